The van der Waals surface area contributed by atoms with E-state index in [0.29, 0.717) is 5.56 Å². The molecule has 0 saturated heterocycles. The third-order valence-electron chi connectivity index (χ3n) is 2.51. The van der Waals surface area contributed by atoms with E-state index in [1.165, 1.54) is 12.3 Å². The monoisotopic (exact) mass is 253 g/mol. The van der Waals surface area contributed by atoms with E-state index < -0.39 is 16.9 Å². The number of carboxylic acids is 1. The van der Waals surface area contributed by atoms with Crippen LogP contribution in [-0.4, -0.2) is 27.0 Å². The van der Waals surface area contributed by atoms with Crippen LogP contribution in [0.3, 0.4) is 0 Å². The minimum absolute atomic E-state index is 0.0830. The molecule has 0 aliphatic carbocycles. The molecule has 0 spiro atoms. The van der Waals surface area contributed by atoms with E-state index in [1.54, 1.807) is 20.8 Å². The first kappa shape index (κ1) is 13.9. The fourth-order valence-corrected chi connectivity index (χ4v) is 1.46. The lowest BCUT2D eigenvalue weighted by atomic mass is 10.0. The van der Waals surface area contributed by atoms with Gasteiger partial charge in [0.25, 0.3) is 5.69 Å². The van der Waals surface area contributed by atoms with Crippen molar-refractivity contribution in [1.29, 1.82) is 0 Å². The minimum Gasteiger partial charge on any atom is -0.480 e. The molecule has 18 heavy (non-hydrogen) atoms. The Morgan fingerprint density at radius 1 is 1.56 bits per heavy atom. The van der Waals surface area contributed by atoms with Crippen LogP contribution in [0.1, 0.15) is 19.4 Å². The van der Waals surface area contributed by atoms with Gasteiger partial charge in [0.15, 0.2) is 0 Å². The second kappa shape index (κ2) is 5.44. The lowest BCUT2D eigenvalue weighted by Crippen LogP contribution is -2.34. The Morgan fingerprint density at radius 3 is 2.61 bits per heavy atom. The van der Waals surface area contributed by atoms with Gasteiger partial charge in [-0.15, -0.1) is 0 Å². The van der Waals surface area contributed by atoms with Crippen LogP contribution in [0.5, 0.6) is 0 Å². The number of pyridine rings is 1. The molecule has 0 aromatic carbocycles. The van der Waals surface area contributed by atoms with Gasteiger partial charge in [0, 0.05) is 11.8 Å². The molecule has 1 heterocycles. The number of carbonyl (C=O) groups is 1. The summed E-state index contributed by atoms with van der Waals surface area (Å²) in [6, 6.07) is 0.410. The molecule has 1 rings (SSSR count). The highest BCUT2D eigenvalue weighted by Gasteiger charge is 2.22. The van der Waals surface area contributed by atoms with E-state index in [2.05, 4.69) is 10.3 Å². The van der Waals surface area contributed by atoms with E-state index >= 15 is 0 Å². The maximum atomic E-state index is 11.0. The number of nitrogens with zero attached hydrogens (tertiary/aromatic N) is 2. The normalized spacial score (nSPS) is 12.2. The average molecular weight is 253 g/mol. The number of aromatic nitrogens is 1. The molecule has 7 heteroatoms. The zero-order valence-corrected chi connectivity index (χ0v) is 10.4. The topological polar surface area (TPSA) is 105 Å². The summed E-state index contributed by atoms with van der Waals surface area (Å²) < 4.78 is 0. The maximum Gasteiger partial charge on any atom is 0.326 e. The first-order valence-electron chi connectivity index (χ1n) is 5.43. The van der Waals surface area contributed by atoms with Crippen molar-refractivity contribution in [2.45, 2.75) is 26.8 Å². The van der Waals surface area contributed by atoms with E-state index in [9.17, 15) is 14.9 Å². The fourth-order valence-electron chi connectivity index (χ4n) is 1.46. The van der Waals surface area contributed by atoms with Gasteiger partial charge in [0.05, 0.1) is 11.0 Å². The number of aliphatic carboxylic acids is 1. The molecule has 1 atom stereocenters. The van der Waals surface area contributed by atoms with Crippen molar-refractivity contribution in [1.82, 2.24) is 4.98 Å². The van der Waals surface area contributed by atoms with Gasteiger partial charge in [-0.1, -0.05) is 13.8 Å². The summed E-state index contributed by atoms with van der Waals surface area (Å²) in [6.45, 7) is 5.06. The summed E-state index contributed by atoms with van der Waals surface area (Å²) in [6.07, 6.45) is 1.35. The molecule has 1 unspecified atom stereocenters. The lowest BCUT2D eigenvalue weighted by Gasteiger charge is -2.18. The number of aryl methyl sites for hydroxylation is 1. The number of carboxylic acid groups (broad SMARTS) is 1. The molecular weight excluding hydrogens is 238 g/mol. The largest absolute Gasteiger partial charge is 0.480 e. The van der Waals surface area contributed by atoms with Crippen LogP contribution in [0.2, 0.25) is 0 Å². The Balaban J connectivity index is 3.01. The molecule has 0 bridgehead atoms. The van der Waals surface area contributed by atoms with Crippen LogP contribution in [0, 0.1) is 23.0 Å². The van der Waals surface area contributed by atoms with Crippen LogP contribution >= 0.6 is 0 Å². The number of rotatable bonds is 5. The highest BCUT2D eigenvalue weighted by molar-refractivity contribution is 5.77. The molecule has 0 aliphatic heterocycles. The van der Waals surface area contributed by atoms with Gasteiger partial charge in [-0.25, -0.2) is 9.78 Å². The Bertz CT molecular complexity index is 473. The molecule has 0 amide bonds. The maximum absolute atomic E-state index is 11.0. The molecule has 0 saturated carbocycles. The van der Waals surface area contributed by atoms with Crippen molar-refractivity contribution >= 4 is 17.5 Å². The van der Waals surface area contributed by atoms with Crippen LogP contribution < -0.4 is 5.32 Å². The first-order chi connectivity index (χ1) is 8.32. The number of nitro groups is 1. The van der Waals surface area contributed by atoms with Crippen molar-refractivity contribution in [3.63, 3.8) is 0 Å². The highest BCUT2D eigenvalue weighted by Crippen LogP contribution is 2.21. The molecule has 98 valence electrons. The van der Waals surface area contributed by atoms with Crippen LogP contribution in [0.25, 0.3) is 0 Å². The number of anilines is 1. The van der Waals surface area contributed by atoms with Crippen LogP contribution in [0.4, 0.5) is 11.5 Å². The predicted molar refractivity (Wildman–Crippen MR) is 65.5 cm³/mol. The van der Waals surface area contributed by atoms with Crippen molar-refractivity contribution in [3.8, 4) is 0 Å². The van der Waals surface area contributed by atoms with Crippen LogP contribution in [-0.2, 0) is 4.79 Å². The fraction of sp³-hybridized carbons (Fsp3) is 0.455. The Labute approximate surface area is 104 Å². The third kappa shape index (κ3) is 3.16. The highest BCUT2D eigenvalue weighted by atomic mass is 16.6. The molecule has 0 fully saturated rings. The average Bonchev–Trinajstić information content (AvgIpc) is 2.26. The van der Waals surface area contributed by atoms with Crippen LogP contribution in [0.15, 0.2) is 12.3 Å². The molecule has 2 N–H and O–H groups in total. The Kier molecular flexibility index (Phi) is 4.19. The third-order valence-corrected chi connectivity index (χ3v) is 2.51. The summed E-state index contributed by atoms with van der Waals surface area (Å²) in [5.74, 6) is -0.993. The number of nitrogens with one attached hydrogen (secondary N) is 1. The smallest absolute Gasteiger partial charge is 0.326 e. The molecule has 1 aromatic rings. The second-order valence-electron chi connectivity index (χ2n) is 4.32. The zero-order valence-electron chi connectivity index (χ0n) is 10.4. The minimum atomic E-state index is -1.02. The van der Waals surface area contributed by atoms with Gasteiger partial charge >= 0.3 is 5.97 Å². The van der Waals surface area contributed by atoms with Gasteiger partial charge in [-0.2, -0.15) is 0 Å². The number of hydrogen-bond acceptors (Lipinski definition) is 5. The van der Waals surface area contributed by atoms with Gasteiger partial charge in [0.1, 0.15) is 11.9 Å². The molecule has 7 nitrogen and oxygen atoms in total. The van der Waals surface area contributed by atoms with Crippen molar-refractivity contribution in [3.05, 3.63) is 27.9 Å². The van der Waals surface area contributed by atoms with E-state index in [-0.39, 0.29) is 17.4 Å². The van der Waals surface area contributed by atoms with E-state index in [0.717, 1.165) is 0 Å². The molecule has 0 radical (unpaired) electrons. The SMILES string of the molecule is Cc1cnc(NC(C(=O)O)C(C)C)cc1[N+](=O)[O-]. The van der Waals surface area contributed by atoms with Crippen molar-refractivity contribution in [2.24, 2.45) is 5.92 Å². The number of hydrogen-bond donors (Lipinski definition) is 2. The van der Waals surface area contributed by atoms with Crippen molar-refractivity contribution in [2.75, 3.05) is 5.32 Å². The van der Waals surface area contributed by atoms with Crippen molar-refractivity contribution < 1.29 is 14.8 Å². The van der Waals surface area contributed by atoms with E-state index in [4.69, 9.17) is 5.11 Å². The standard InChI is InChI=1S/C11H15N3O4/c1-6(2)10(11(15)16)13-9-4-8(14(17)18)7(3)5-12-9/h4-6,10H,1-3H3,(H,12,13)(H,15,16). The first-order valence-corrected chi connectivity index (χ1v) is 5.43. The van der Waals surface area contributed by atoms with Gasteiger partial charge < -0.3 is 10.4 Å². The van der Waals surface area contributed by atoms with E-state index in [1.807, 2.05) is 0 Å². The summed E-state index contributed by atoms with van der Waals surface area (Å²) in [7, 11) is 0. The molecule has 1 aromatic heterocycles. The summed E-state index contributed by atoms with van der Waals surface area (Å²) in [5, 5.41) is 22.5. The predicted octanol–water partition coefficient (Wildman–Crippen LogP) is 1.82. The van der Waals surface area contributed by atoms with Gasteiger partial charge in [0.2, 0.25) is 0 Å². The Hall–Kier alpha value is -2.18. The lowest BCUT2D eigenvalue weighted by molar-refractivity contribution is -0.385. The second-order valence-corrected chi connectivity index (χ2v) is 4.32. The summed E-state index contributed by atoms with van der Waals surface area (Å²) >= 11 is 0. The van der Waals surface area contributed by atoms with Gasteiger partial charge in [-0.05, 0) is 12.8 Å². The molecule has 0 aliphatic rings. The molecular formula is C11H15N3O4. The zero-order chi connectivity index (χ0) is 13.9. The summed E-state index contributed by atoms with van der Waals surface area (Å²) in [5.41, 5.74) is 0.349. The van der Waals surface area contributed by atoms with Gasteiger partial charge in [-0.3, -0.25) is 10.1 Å². The quantitative estimate of drug-likeness (QED) is 0.612. The Morgan fingerprint density at radius 2 is 2.17 bits per heavy atom. The summed E-state index contributed by atoms with van der Waals surface area (Å²) in [4.78, 5) is 25.2.